The van der Waals surface area contributed by atoms with E-state index in [1.165, 1.54) is 25.2 Å². The van der Waals surface area contributed by atoms with Crippen molar-refractivity contribution in [3.05, 3.63) is 58.1 Å². The highest BCUT2D eigenvalue weighted by atomic mass is 19.4. The number of nitrogens with zero attached hydrogens (tertiary/aromatic N) is 1. The van der Waals surface area contributed by atoms with Crippen molar-refractivity contribution < 1.29 is 61.6 Å². The first-order chi connectivity index (χ1) is 20.8. The molecule has 0 saturated heterocycles. The van der Waals surface area contributed by atoms with Crippen LogP contribution in [-0.4, -0.2) is 89.1 Å². The van der Waals surface area contributed by atoms with Crippen molar-refractivity contribution in [2.24, 2.45) is 0 Å². The number of carbonyl (C=O) groups excluding carboxylic acids is 3. The predicted octanol–water partition coefficient (Wildman–Crippen LogP) is 3.52. The zero-order valence-corrected chi connectivity index (χ0v) is 25.0. The van der Waals surface area contributed by atoms with Crippen molar-refractivity contribution >= 4 is 35.4 Å². The van der Waals surface area contributed by atoms with Crippen LogP contribution in [0.25, 0.3) is 0 Å². The minimum Gasteiger partial charge on any atom is -0.493 e. The first-order valence-corrected chi connectivity index (χ1v) is 13.2. The number of carboxylic acids is 2. The molecule has 2 aromatic carbocycles. The highest BCUT2D eigenvalue weighted by Crippen LogP contribution is 2.31. The number of alkyl halides is 3. The highest BCUT2D eigenvalue weighted by Gasteiger charge is 2.38. The number of nitrogens with one attached hydrogen (secondary N) is 2. The molecule has 0 saturated carbocycles. The lowest BCUT2D eigenvalue weighted by molar-refractivity contribution is -0.192. The molecule has 2 aromatic rings. The van der Waals surface area contributed by atoms with Crippen LogP contribution in [0.5, 0.6) is 11.5 Å². The summed E-state index contributed by atoms with van der Waals surface area (Å²) in [6.45, 7) is 6.62. The number of rotatable bonds is 10. The molecule has 0 radical (unpaired) electrons. The quantitative estimate of drug-likeness (QED) is 0.220. The molecule has 0 aliphatic carbocycles. The summed E-state index contributed by atoms with van der Waals surface area (Å²) in [4.78, 5) is 59.7. The standard InChI is InChI=1S/C27H31N3O8.C2HF3O2/c1-6-36-22-10-16-12-30(24(28)17(16)11-18(22)25(34)29-5)13-20(31)15-7-8-21(37-14-23(32)33)19(9-15)26(35)38-27(2,3)4;3-2(4,5)1(6)7/h7-11,28H,6,12-14H2,1-5H3,(H,29,34)(H,32,33);(H,6,7). The molecule has 1 aliphatic rings. The Balaban J connectivity index is 0.000000900. The topological polar surface area (TPSA) is 193 Å². The second kappa shape index (κ2) is 14.5. The molecule has 13 nitrogen and oxygen atoms in total. The van der Waals surface area contributed by atoms with Gasteiger partial charge in [0.1, 0.15) is 28.5 Å². The van der Waals surface area contributed by atoms with Crippen LogP contribution in [0, 0.1) is 5.41 Å². The van der Waals surface area contributed by atoms with Crippen LogP contribution in [0.1, 0.15) is 69.9 Å². The number of ketones is 1. The van der Waals surface area contributed by atoms with E-state index in [9.17, 15) is 32.3 Å². The fourth-order valence-electron chi connectivity index (χ4n) is 3.88. The summed E-state index contributed by atoms with van der Waals surface area (Å²) < 4.78 is 48.0. The van der Waals surface area contributed by atoms with Crippen LogP contribution in [0.4, 0.5) is 13.2 Å². The van der Waals surface area contributed by atoms with E-state index >= 15 is 0 Å². The van der Waals surface area contributed by atoms with Crippen LogP contribution in [0.3, 0.4) is 0 Å². The second-order valence-corrected chi connectivity index (χ2v) is 10.3. The maximum atomic E-state index is 13.2. The predicted molar refractivity (Wildman–Crippen MR) is 151 cm³/mol. The number of hydrogen-bond acceptors (Lipinski definition) is 9. The normalized spacial score (nSPS) is 12.4. The summed E-state index contributed by atoms with van der Waals surface area (Å²) in [7, 11) is 1.51. The zero-order chi connectivity index (χ0) is 34.3. The Labute approximate surface area is 255 Å². The van der Waals surface area contributed by atoms with E-state index < -0.39 is 36.3 Å². The van der Waals surface area contributed by atoms with Crippen LogP contribution >= 0.6 is 0 Å². The Bertz CT molecular complexity index is 1500. The average molecular weight is 640 g/mol. The van der Waals surface area contributed by atoms with E-state index in [0.29, 0.717) is 23.5 Å². The molecule has 16 heteroatoms. The van der Waals surface area contributed by atoms with Gasteiger partial charge in [0, 0.05) is 24.7 Å². The minimum atomic E-state index is -5.08. The maximum absolute atomic E-state index is 13.2. The Kier molecular flexibility index (Phi) is 11.7. The van der Waals surface area contributed by atoms with Crippen molar-refractivity contribution in [2.45, 2.75) is 46.0 Å². The van der Waals surface area contributed by atoms with Crippen LogP contribution in [-0.2, 0) is 20.9 Å². The van der Waals surface area contributed by atoms with Gasteiger partial charge in [-0.2, -0.15) is 13.2 Å². The number of benzene rings is 2. The van der Waals surface area contributed by atoms with Crippen molar-refractivity contribution in [1.82, 2.24) is 10.2 Å². The summed E-state index contributed by atoms with van der Waals surface area (Å²) in [6.07, 6.45) is -5.08. The molecule has 0 atom stereocenters. The fourth-order valence-corrected chi connectivity index (χ4v) is 3.88. The van der Waals surface area contributed by atoms with Gasteiger partial charge in [-0.15, -0.1) is 0 Å². The Hall–Kier alpha value is -5.15. The number of fused-ring (bicyclic) bond motifs is 1. The Morgan fingerprint density at radius 3 is 2.11 bits per heavy atom. The van der Waals surface area contributed by atoms with Gasteiger partial charge in [0.2, 0.25) is 0 Å². The largest absolute Gasteiger partial charge is 0.493 e. The number of carbonyl (C=O) groups is 5. The van der Waals surface area contributed by atoms with E-state index in [-0.39, 0.29) is 47.5 Å². The molecule has 0 bridgehead atoms. The molecule has 45 heavy (non-hydrogen) atoms. The van der Waals surface area contributed by atoms with Gasteiger partial charge in [0.25, 0.3) is 5.91 Å². The number of Topliss-reactive ketones (excluding diaryl/α,β-unsaturated/α-hetero) is 1. The fraction of sp³-hybridized carbons (Fsp3) is 0.379. The monoisotopic (exact) mass is 639 g/mol. The number of ether oxygens (including phenoxy) is 3. The van der Waals surface area contributed by atoms with Crippen LogP contribution < -0.4 is 14.8 Å². The van der Waals surface area contributed by atoms with E-state index in [0.717, 1.165) is 5.56 Å². The number of esters is 1. The third-order valence-corrected chi connectivity index (χ3v) is 5.76. The van der Waals surface area contributed by atoms with Gasteiger partial charge in [0.05, 0.1) is 18.7 Å². The number of halogens is 3. The van der Waals surface area contributed by atoms with E-state index in [4.69, 9.17) is 34.6 Å². The van der Waals surface area contributed by atoms with E-state index in [1.807, 2.05) is 0 Å². The lowest BCUT2D eigenvalue weighted by Gasteiger charge is -2.21. The first-order valence-electron chi connectivity index (χ1n) is 13.2. The van der Waals surface area contributed by atoms with Gasteiger partial charge < -0.3 is 34.6 Å². The molecule has 1 aliphatic heterocycles. The van der Waals surface area contributed by atoms with Crippen molar-refractivity contribution in [3.63, 3.8) is 0 Å². The SMILES string of the molecule is CCOc1cc2c(cc1C(=O)NC)C(=N)N(CC(=O)c1ccc(OCC(=O)O)c(C(=O)OC(C)(C)C)c1)C2.O=C(O)C(F)(F)F. The molecule has 3 rings (SSSR count). The highest BCUT2D eigenvalue weighted by molar-refractivity contribution is 6.08. The number of hydrogen-bond donors (Lipinski definition) is 4. The first kappa shape index (κ1) is 36.0. The van der Waals surface area contributed by atoms with E-state index in [2.05, 4.69) is 5.32 Å². The van der Waals surface area contributed by atoms with Gasteiger partial charge >= 0.3 is 24.1 Å². The minimum absolute atomic E-state index is 0.0234. The molecule has 4 N–H and O–H groups in total. The number of amidine groups is 1. The maximum Gasteiger partial charge on any atom is 0.490 e. The summed E-state index contributed by atoms with van der Waals surface area (Å²) in [5.41, 5.74) is 0.815. The second-order valence-electron chi connectivity index (χ2n) is 10.3. The zero-order valence-electron chi connectivity index (χ0n) is 25.0. The van der Waals surface area contributed by atoms with Crippen molar-refractivity contribution in [2.75, 3.05) is 26.8 Å². The molecular formula is C29H32F3N3O10. The lowest BCUT2D eigenvalue weighted by Crippen LogP contribution is -2.30. The Morgan fingerprint density at radius 1 is 0.978 bits per heavy atom. The molecule has 1 heterocycles. The average Bonchev–Trinajstić information content (AvgIpc) is 3.23. The molecule has 0 aromatic heterocycles. The van der Waals surface area contributed by atoms with Crippen molar-refractivity contribution in [1.29, 1.82) is 5.41 Å². The van der Waals surface area contributed by atoms with Gasteiger partial charge in [-0.25, -0.2) is 14.4 Å². The smallest absolute Gasteiger partial charge is 0.490 e. The van der Waals surface area contributed by atoms with Crippen LogP contribution in [0.15, 0.2) is 30.3 Å². The number of amides is 1. The summed E-state index contributed by atoms with van der Waals surface area (Å²) in [5, 5.41) is 27.2. The number of aliphatic carboxylic acids is 2. The molecular weight excluding hydrogens is 607 g/mol. The molecule has 0 unspecified atom stereocenters. The van der Waals surface area contributed by atoms with Gasteiger partial charge in [-0.3, -0.25) is 15.0 Å². The summed E-state index contributed by atoms with van der Waals surface area (Å²) in [6, 6.07) is 7.37. The van der Waals surface area contributed by atoms with Gasteiger partial charge in [0.15, 0.2) is 12.4 Å². The third kappa shape index (κ3) is 9.94. The molecule has 0 fully saturated rings. The summed E-state index contributed by atoms with van der Waals surface area (Å²) >= 11 is 0. The third-order valence-electron chi connectivity index (χ3n) is 5.76. The van der Waals surface area contributed by atoms with E-state index in [1.54, 1.807) is 44.7 Å². The molecule has 1 amide bonds. The Morgan fingerprint density at radius 2 is 1.60 bits per heavy atom. The molecule has 244 valence electrons. The van der Waals surface area contributed by atoms with Crippen molar-refractivity contribution in [3.8, 4) is 11.5 Å². The number of carboxylic acid groups (broad SMARTS) is 2. The lowest BCUT2D eigenvalue weighted by atomic mass is 10.0. The van der Waals surface area contributed by atoms with Crippen LogP contribution in [0.2, 0.25) is 0 Å². The molecule has 0 spiro atoms. The van der Waals surface area contributed by atoms with Gasteiger partial charge in [-0.05, 0) is 63.6 Å². The summed E-state index contributed by atoms with van der Waals surface area (Å²) in [5.74, 6) is -5.02. The van der Waals surface area contributed by atoms with Gasteiger partial charge in [-0.1, -0.05) is 0 Å².